The van der Waals surface area contributed by atoms with Crippen LogP contribution < -0.4 is 4.74 Å². The zero-order chi connectivity index (χ0) is 16.3. The third-order valence-electron chi connectivity index (χ3n) is 3.19. The maximum Gasteiger partial charge on any atom is 0.235 e. The van der Waals surface area contributed by atoms with E-state index in [2.05, 4.69) is 0 Å². The molecule has 0 saturated carbocycles. The minimum absolute atomic E-state index is 0.110. The summed E-state index contributed by atoms with van der Waals surface area (Å²) in [7, 11) is 0. The van der Waals surface area contributed by atoms with Crippen LogP contribution in [0.3, 0.4) is 0 Å². The van der Waals surface area contributed by atoms with Crippen molar-refractivity contribution in [2.75, 3.05) is 19.8 Å². The van der Waals surface area contributed by atoms with Crippen molar-refractivity contribution in [1.29, 1.82) is 0 Å². The van der Waals surface area contributed by atoms with E-state index in [0.717, 1.165) is 6.08 Å². The molecule has 0 amide bonds. The van der Waals surface area contributed by atoms with E-state index >= 15 is 0 Å². The first-order valence-electron chi connectivity index (χ1n) is 6.64. The molecule has 0 aliphatic carbocycles. The Morgan fingerprint density at radius 3 is 2.73 bits per heavy atom. The molecule has 0 aromatic heterocycles. The topological polar surface area (TPSA) is 70.8 Å². The van der Waals surface area contributed by atoms with Crippen LogP contribution >= 0.6 is 11.6 Å². The number of hydrogen-bond acceptors (Lipinski definition) is 5. The number of nitrogens with zero attached hydrogens (tertiary/aromatic N) is 1. The van der Waals surface area contributed by atoms with Gasteiger partial charge in [0.25, 0.3) is 0 Å². The molecule has 1 aliphatic rings. The van der Waals surface area contributed by atoms with E-state index < -0.39 is 16.5 Å². The molecule has 0 unspecified atom stereocenters. The average molecular weight is 332 g/mol. The lowest BCUT2D eigenvalue weighted by Crippen LogP contribution is -2.24. The van der Waals surface area contributed by atoms with Gasteiger partial charge in [-0.15, -0.1) is 0 Å². The zero-order valence-corrected chi connectivity index (χ0v) is 12.9. The second-order valence-corrected chi connectivity index (χ2v) is 5.05. The smallest absolute Gasteiger partial charge is 0.235 e. The monoisotopic (exact) mass is 331 g/mol. The summed E-state index contributed by atoms with van der Waals surface area (Å²) >= 11 is 5.90. The van der Waals surface area contributed by atoms with Crippen molar-refractivity contribution in [3.8, 4) is 5.75 Å². The molecule has 1 aromatic carbocycles. The normalized spacial score (nSPS) is 17.1. The highest BCUT2D eigenvalue weighted by molar-refractivity contribution is 6.31. The summed E-state index contributed by atoms with van der Waals surface area (Å²) in [6, 6.07) is 1.36. The Balaban J connectivity index is 2.65. The van der Waals surface area contributed by atoms with Crippen LogP contribution in [0.15, 0.2) is 12.3 Å². The largest absolute Gasteiger partial charge is 0.493 e. The van der Waals surface area contributed by atoms with Gasteiger partial charge in [0, 0.05) is 6.08 Å². The molecule has 0 spiro atoms. The van der Waals surface area contributed by atoms with Crippen molar-refractivity contribution < 1.29 is 23.5 Å². The fourth-order valence-corrected chi connectivity index (χ4v) is 2.43. The molecule has 1 aliphatic heterocycles. The van der Waals surface area contributed by atoms with E-state index in [1.807, 2.05) is 0 Å². The third-order valence-corrected chi connectivity index (χ3v) is 3.46. The van der Waals surface area contributed by atoms with Gasteiger partial charge in [-0.2, -0.15) is 0 Å². The maximum atomic E-state index is 14.3. The predicted molar refractivity (Wildman–Crippen MR) is 77.9 cm³/mol. The van der Waals surface area contributed by atoms with Gasteiger partial charge in [0.05, 0.1) is 40.9 Å². The van der Waals surface area contributed by atoms with Crippen molar-refractivity contribution in [2.24, 2.45) is 0 Å². The van der Waals surface area contributed by atoms with E-state index in [9.17, 15) is 14.5 Å². The Hall–Kier alpha value is -1.70. The van der Waals surface area contributed by atoms with Crippen LogP contribution in [-0.4, -0.2) is 24.7 Å². The minimum atomic E-state index is -1.14. The molecule has 1 heterocycles. The fraction of sp³-hybridized carbons (Fsp3) is 0.429. The van der Waals surface area contributed by atoms with E-state index in [0.29, 0.717) is 25.0 Å². The molecule has 0 atom stereocenters. The number of hydrogen-bond donors (Lipinski definition) is 0. The van der Waals surface area contributed by atoms with Crippen molar-refractivity contribution in [3.05, 3.63) is 44.3 Å². The quantitative estimate of drug-likeness (QED) is 0.611. The zero-order valence-electron chi connectivity index (χ0n) is 12.1. The Morgan fingerprint density at radius 2 is 2.18 bits per heavy atom. The summed E-state index contributed by atoms with van der Waals surface area (Å²) in [6.45, 7) is 4.36. The standard InChI is InChI=1S/C14H15ClFNO5/c1-3-20-13-9(4-5-17(18)19)12(16)11(15)8-10(13)14(2)21-6-7-22-14/h4-5,8H,3,6-7H2,1-2H3/b5-4+. The summed E-state index contributed by atoms with van der Waals surface area (Å²) in [6.07, 6.45) is 1.63. The Labute approximate surface area is 131 Å². The molecular formula is C14H15ClFNO5. The molecule has 0 bridgehead atoms. The van der Waals surface area contributed by atoms with Gasteiger partial charge < -0.3 is 14.2 Å². The second kappa shape index (κ2) is 6.60. The van der Waals surface area contributed by atoms with E-state index in [4.69, 9.17) is 25.8 Å². The molecule has 8 heteroatoms. The van der Waals surface area contributed by atoms with Crippen LogP contribution in [0.25, 0.3) is 6.08 Å². The highest BCUT2D eigenvalue weighted by atomic mass is 35.5. The molecule has 120 valence electrons. The molecule has 1 saturated heterocycles. The SMILES string of the molecule is CCOc1c(C2(C)OCCO2)cc(Cl)c(F)c1/C=C/[N+](=O)[O-]. The van der Waals surface area contributed by atoms with E-state index in [1.165, 1.54) is 6.07 Å². The second-order valence-electron chi connectivity index (χ2n) is 4.64. The lowest BCUT2D eigenvalue weighted by molar-refractivity contribution is -0.401. The number of ether oxygens (including phenoxy) is 3. The lowest BCUT2D eigenvalue weighted by atomic mass is 10.0. The van der Waals surface area contributed by atoms with Crippen molar-refractivity contribution in [1.82, 2.24) is 0 Å². The van der Waals surface area contributed by atoms with Gasteiger partial charge in [-0.1, -0.05) is 11.6 Å². The third kappa shape index (κ3) is 3.21. The van der Waals surface area contributed by atoms with E-state index in [-0.39, 0.29) is 22.9 Å². The summed E-state index contributed by atoms with van der Waals surface area (Å²) in [5, 5.41) is 10.3. The van der Waals surface area contributed by atoms with Gasteiger partial charge in [-0.05, 0) is 19.9 Å². The number of rotatable bonds is 5. The summed E-state index contributed by atoms with van der Waals surface area (Å²) in [5.74, 6) is -1.82. The fourth-order valence-electron chi connectivity index (χ4n) is 2.22. The lowest BCUT2D eigenvalue weighted by Gasteiger charge is -2.26. The van der Waals surface area contributed by atoms with Crippen molar-refractivity contribution in [2.45, 2.75) is 19.6 Å². The number of benzene rings is 1. The van der Waals surface area contributed by atoms with Gasteiger partial charge in [0.2, 0.25) is 6.20 Å². The Bertz CT molecular complexity index is 614. The Kier molecular flexibility index (Phi) is 5.00. The van der Waals surface area contributed by atoms with Crippen molar-refractivity contribution >= 4 is 17.7 Å². The van der Waals surface area contributed by atoms with Gasteiger partial charge >= 0.3 is 0 Å². The maximum absolute atomic E-state index is 14.3. The molecule has 0 N–H and O–H groups in total. The number of halogens is 2. The Morgan fingerprint density at radius 1 is 1.55 bits per heavy atom. The van der Waals surface area contributed by atoms with Crippen LogP contribution in [0, 0.1) is 15.9 Å². The van der Waals surface area contributed by atoms with Crippen LogP contribution in [0.1, 0.15) is 25.0 Å². The van der Waals surface area contributed by atoms with Crippen molar-refractivity contribution in [3.63, 3.8) is 0 Å². The molecule has 0 radical (unpaired) electrons. The van der Waals surface area contributed by atoms with Crippen LogP contribution in [0.2, 0.25) is 5.02 Å². The highest BCUT2D eigenvalue weighted by Gasteiger charge is 2.38. The summed E-state index contributed by atoms with van der Waals surface area (Å²) in [4.78, 5) is 9.82. The van der Waals surface area contributed by atoms with E-state index in [1.54, 1.807) is 13.8 Å². The van der Waals surface area contributed by atoms with Crippen LogP contribution in [-0.2, 0) is 15.3 Å². The molecule has 22 heavy (non-hydrogen) atoms. The molecule has 2 rings (SSSR count). The van der Waals surface area contributed by atoms with Crippen LogP contribution in [0.4, 0.5) is 4.39 Å². The average Bonchev–Trinajstić information content (AvgIpc) is 2.90. The van der Waals surface area contributed by atoms with Crippen LogP contribution in [0.5, 0.6) is 5.75 Å². The first kappa shape index (κ1) is 16.7. The summed E-state index contributed by atoms with van der Waals surface area (Å²) in [5.41, 5.74) is 0.280. The number of nitro groups is 1. The first-order chi connectivity index (χ1) is 10.4. The molecular weight excluding hydrogens is 317 g/mol. The predicted octanol–water partition coefficient (Wildman–Crippen LogP) is 3.34. The highest BCUT2D eigenvalue weighted by Crippen LogP contribution is 2.42. The molecule has 1 fully saturated rings. The molecule has 1 aromatic rings. The van der Waals surface area contributed by atoms with Gasteiger partial charge in [0.15, 0.2) is 11.6 Å². The van der Waals surface area contributed by atoms with Gasteiger partial charge in [-0.3, -0.25) is 10.1 Å². The molecule has 6 nitrogen and oxygen atoms in total. The van der Waals surface area contributed by atoms with Gasteiger partial charge in [-0.25, -0.2) is 4.39 Å². The minimum Gasteiger partial charge on any atom is -0.493 e. The first-order valence-corrected chi connectivity index (χ1v) is 7.01. The summed E-state index contributed by atoms with van der Waals surface area (Å²) < 4.78 is 30.8. The van der Waals surface area contributed by atoms with Gasteiger partial charge in [0.1, 0.15) is 5.75 Å².